The van der Waals surface area contributed by atoms with Gasteiger partial charge in [0.05, 0.1) is 5.52 Å². The number of aromatic amines is 1. The molecule has 0 bridgehead atoms. The Hall–Kier alpha value is -2.30. The van der Waals surface area contributed by atoms with E-state index in [1.807, 2.05) is 30.3 Å². The van der Waals surface area contributed by atoms with Crippen molar-refractivity contribution in [2.45, 2.75) is 0 Å². The van der Waals surface area contributed by atoms with Crippen LogP contribution < -0.4 is 0 Å². The number of hydrogen-bond acceptors (Lipinski definition) is 4. The van der Waals surface area contributed by atoms with E-state index in [1.165, 1.54) is 0 Å². The average Bonchev–Trinajstić information content (AvgIpc) is 2.82. The highest BCUT2D eigenvalue weighted by molar-refractivity contribution is 5.74. The van der Waals surface area contributed by atoms with E-state index in [2.05, 4.69) is 25.4 Å². The molecular formula is C10H7N5. The maximum atomic E-state index is 4.37. The quantitative estimate of drug-likeness (QED) is 0.640. The topological polar surface area (TPSA) is 67.3 Å². The third kappa shape index (κ3) is 1.34. The predicted octanol–water partition coefficient (Wildman–Crippen LogP) is 1.41. The normalized spacial score (nSPS) is 10.7. The number of rotatable bonds is 1. The first kappa shape index (κ1) is 8.05. The maximum Gasteiger partial charge on any atom is 0.200 e. The summed E-state index contributed by atoms with van der Waals surface area (Å²) in [6.45, 7) is 0. The number of nitrogens with zero attached hydrogens (tertiary/aromatic N) is 4. The number of fused-ring (bicyclic) bond motifs is 1. The van der Waals surface area contributed by atoms with Crippen molar-refractivity contribution in [1.29, 1.82) is 0 Å². The van der Waals surface area contributed by atoms with Crippen molar-refractivity contribution in [3.63, 3.8) is 0 Å². The van der Waals surface area contributed by atoms with Crippen LogP contribution in [0.2, 0.25) is 0 Å². The number of H-pyrrole nitrogens is 1. The lowest BCUT2D eigenvalue weighted by atomic mass is 10.3. The summed E-state index contributed by atoms with van der Waals surface area (Å²) >= 11 is 0. The molecule has 5 heteroatoms. The second-order valence-corrected chi connectivity index (χ2v) is 3.09. The van der Waals surface area contributed by atoms with Gasteiger partial charge in [0.1, 0.15) is 11.2 Å². The second kappa shape index (κ2) is 3.13. The van der Waals surface area contributed by atoms with Gasteiger partial charge in [0, 0.05) is 6.20 Å². The molecule has 0 fully saturated rings. The molecule has 72 valence electrons. The van der Waals surface area contributed by atoms with E-state index in [4.69, 9.17) is 0 Å². The number of benzene rings is 1. The lowest BCUT2D eigenvalue weighted by Crippen LogP contribution is -1.93. The Labute approximate surface area is 85.2 Å². The Kier molecular flexibility index (Phi) is 1.68. The van der Waals surface area contributed by atoms with Crippen LogP contribution in [0.4, 0.5) is 0 Å². The van der Waals surface area contributed by atoms with E-state index >= 15 is 0 Å². The van der Waals surface area contributed by atoms with Gasteiger partial charge in [-0.15, -0.1) is 10.2 Å². The van der Waals surface area contributed by atoms with E-state index in [0.29, 0.717) is 5.82 Å². The summed E-state index contributed by atoms with van der Waals surface area (Å²) in [6, 6.07) is 9.43. The second-order valence-electron chi connectivity index (χ2n) is 3.09. The molecule has 5 nitrogen and oxygen atoms in total. The first-order valence-electron chi connectivity index (χ1n) is 4.53. The van der Waals surface area contributed by atoms with Crippen LogP contribution in [0.15, 0.2) is 36.5 Å². The van der Waals surface area contributed by atoms with Gasteiger partial charge in [0.2, 0.25) is 0 Å². The minimum atomic E-state index is 0.561. The molecule has 1 aromatic carbocycles. The zero-order valence-corrected chi connectivity index (χ0v) is 7.75. The minimum absolute atomic E-state index is 0.561. The van der Waals surface area contributed by atoms with Gasteiger partial charge in [-0.05, 0) is 18.2 Å². The molecule has 0 radical (unpaired) electrons. The van der Waals surface area contributed by atoms with Crippen LogP contribution in [-0.2, 0) is 0 Å². The number of aromatic nitrogens is 5. The van der Waals surface area contributed by atoms with Crippen LogP contribution in [0.25, 0.3) is 22.6 Å². The Morgan fingerprint density at radius 1 is 0.933 bits per heavy atom. The molecule has 2 aromatic heterocycles. The molecule has 3 rings (SSSR count). The van der Waals surface area contributed by atoms with Crippen LogP contribution >= 0.6 is 0 Å². The Bertz CT molecular complexity index is 588. The van der Waals surface area contributed by atoms with Crippen LogP contribution in [0, 0.1) is 0 Å². The van der Waals surface area contributed by atoms with Crippen molar-refractivity contribution >= 4 is 11.0 Å². The Morgan fingerprint density at radius 3 is 2.60 bits per heavy atom. The van der Waals surface area contributed by atoms with Crippen LogP contribution in [0.3, 0.4) is 0 Å². The van der Waals surface area contributed by atoms with Crippen molar-refractivity contribution in [1.82, 2.24) is 25.4 Å². The van der Waals surface area contributed by atoms with Gasteiger partial charge in [0.15, 0.2) is 5.82 Å². The summed E-state index contributed by atoms with van der Waals surface area (Å²) in [6.07, 6.45) is 1.66. The first-order valence-corrected chi connectivity index (χ1v) is 4.53. The number of hydrogen-bond donors (Lipinski definition) is 1. The minimum Gasteiger partial charge on any atom is -0.275 e. The third-order valence-electron chi connectivity index (χ3n) is 2.10. The summed E-state index contributed by atoms with van der Waals surface area (Å²) in [4.78, 5) is 4.37. The average molecular weight is 197 g/mol. The van der Waals surface area contributed by atoms with Crippen LogP contribution in [-0.4, -0.2) is 25.4 Å². The molecule has 2 heterocycles. The summed E-state index contributed by atoms with van der Waals surface area (Å²) in [5.74, 6) is 0.561. The molecule has 3 aromatic rings. The molecule has 0 saturated carbocycles. The highest BCUT2D eigenvalue weighted by Crippen LogP contribution is 2.13. The van der Waals surface area contributed by atoms with Gasteiger partial charge in [-0.1, -0.05) is 12.1 Å². The molecule has 0 amide bonds. The molecule has 0 atom stereocenters. The SMILES string of the molecule is c1ccc2nc(-c3ccn[nH]3)nnc2c1. The largest absolute Gasteiger partial charge is 0.275 e. The molecule has 0 saturated heterocycles. The van der Waals surface area contributed by atoms with Crippen molar-refractivity contribution in [2.24, 2.45) is 0 Å². The summed E-state index contributed by atoms with van der Waals surface area (Å²) in [5.41, 5.74) is 2.39. The molecule has 0 unspecified atom stereocenters. The van der Waals surface area contributed by atoms with Gasteiger partial charge in [-0.3, -0.25) is 5.10 Å². The fourth-order valence-electron chi connectivity index (χ4n) is 1.38. The van der Waals surface area contributed by atoms with E-state index in [1.54, 1.807) is 6.20 Å². The molecule has 0 aliphatic heterocycles. The van der Waals surface area contributed by atoms with Crippen molar-refractivity contribution in [2.75, 3.05) is 0 Å². The molecular weight excluding hydrogens is 190 g/mol. The Morgan fingerprint density at radius 2 is 1.80 bits per heavy atom. The van der Waals surface area contributed by atoms with Crippen LogP contribution in [0.1, 0.15) is 0 Å². The van der Waals surface area contributed by atoms with Gasteiger partial charge >= 0.3 is 0 Å². The summed E-state index contributed by atoms with van der Waals surface area (Å²) in [5, 5.41) is 14.7. The highest BCUT2D eigenvalue weighted by atomic mass is 15.2. The molecule has 0 aliphatic rings. The lowest BCUT2D eigenvalue weighted by molar-refractivity contribution is 1.00. The van der Waals surface area contributed by atoms with Crippen molar-refractivity contribution in [3.05, 3.63) is 36.5 Å². The van der Waals surface area contributed by atoms with Crippen LogP contribution in [0.5, 0.6) is 0 Å². The van der Waals surface area contributed by atoms with Crippen molar-refractivity contribution in [3.8, 4) is 11.5 Å². The molecule has 0 spiro atoms. The number of para-hydroxylation sites is 1. The van der Waals surface area contributed by atoms with E-state index in [0.717, 1.165) is 16.7 Å². The molecule has 1 N–H and O–H groups in total. The zero-order valence-electron chi connectivity index (χ0n) is 7.75. The lowest BCUT2D eigenvalue weighted by Gasteiger charge is -1.97. The maximum absolute atomic E-state index is 4.37. The van der Waals surface area contributed by atoms with E-state index < -0.39 is 0 Å². The van der Waals surface area contributed by atoms with Gasteiger partial charge in [-0.2, -0.15) is 5.10 Å². The third-order valence-corrected chi connectivity index (χ3v) is 2.10. The summed E-state index contributed by atoms with van der Waals surface area (Å²) < 4.78 is 0. The fourth-order valence-corrected chi connectivity index (χ4v) is 1.38. The van der Waals surface area contributed by atoms with Gasteiger partial charge < -0.3 is 0 Å². The molecule has 15 heavy (non-hydrogen) atoms. The fraction of sp³-hybridized carbons (Fsp3) is 0. The smallest absolute Gasteiger partial charge is 0.200 e. The monoisotopic (exact) mass is 197 g/mol. The summed E-state index contributed by atoms with van der Waals surface area (Å²) in [7, 11) is 0. The van der Waals surface area contributed by atoms with E-state index in [-0.39, 0.29) is 0 Å². The predicted molar refractivity (Wildman–Crippen MR) is 54.9 cm³/mol. The van der Waals surface area contributed by atoms with Gasteiger partial charge in [0.25, 0.3) is 0 Å². The number of nitrogens with one attached hydrogen (secondary N) is 1. The zero-order chi connectivity index (χ0) is 10.1. The first-order chi connectivity index (χ1) is 7.43. The highest BCUT2D eigenvalue weighted by Gasteiger charge is 2.04. The Balaban J connectivity index is 2.22. The van der Waals surface area contributed by atoms with E-state index in [9.17, 15) is 0 Å². The molecule has 0 aliphatic carbocycles. The van der Waals surface area contributed by atoms with Crippen molar-refractivity contribution < 1.29 is 0 Å². The van der Waals surface area contributed by atoms with Gasteiger partial charge in [-0.25, -0.2) is 4.98 Å². The standard InChI is InChI=1S/C10H7N5/c1-2-4-8-7(3-1)12-10(15-14-8)9-5-6-11-13-9/h1-6H,(H,11,13).